The third kappa shape index (κ3) is 7.18. The highest BCUT2D eigenvalue weighted by Gasteiger charge is 2.61. The van der Waals surface area contributed by atoms with Gasteiger partial charge in [0.15, 0.2) is 5.78 Å². The molecular weight excluding hydrogens is 634 g/mol. The van der Waals surface area contributed by atoms with Crippen LogP contribution in [-0.4, -0.2) is 72.4 Å². The van der Waals surface area contributed by atoms with E-state index in [0.717, 1.165) is 16.3 Å². The minimum absolute atomic E-state index is 0.0856. The molecule has 2 aromatic rings. The number of nitrogens with one attached hydrogen (secondary N) is 1. The summed E-state index contributed by atoms with van der Waals surface area (Å²) in [6.07, 6.45) is 10.1. The van der Waals surface area contributed by atoms with Crippen LogP contribution in [-0.2, 0) is 33.9 Å². The molecule has 1 aromatic carbocycles. The van der Waals surface area contributed by atoms with Crippen molar-refractivity contribution in [3.8, 4) is 5.88 Å². The van der Waals surface area contributed by atoms with Crippen LogP contribution >= 0.6 is 0 Å². The van der Waals surface area contributed by atoms with Crippen LogP contribution in [0.2, 0.25) is 0 Å². The summed E-state index contributed by atoms with van der Waals surface area (Å²) in [6.45, 7) is 6.05. The summed E-state index contributed by atoms with van der Waals surface area (Å²) in [7, 11) is -3.82. The number of aromatic nitrogens is 1. The summed E-state index contributed by atoms with van der Waals surface area (Å²) in [5, 5.41) is 1.13. The molecule has 0 spiro atoms. The summed E-state index contributed by atoms with van der Waals surface area (Å²) in [5.41, 5.74) is -0.306. The third-order valence-corrected chi connectivity index (χ3v) is 11.8. The molecule has 12 heteroatoms. The van der Waals surface area contributed by atoms with E-state index in [9.17, 15) is 27.6 Å². The number of Topliss-reactive ketones (excluding diaryl/α,β-unsaturated/α-hetero) is 1. The maximum atomic E-state index is 14.2. The summed E-state index contributed by atoms with van der Waals surface area (Å²) in [5.74, 6) is -2.56. The predicted molar refractivity (Wildman–Crippen MR) is 179 cm³/mol. The predicted octanol–water partition coefficient (Wildman–Crippen LogP) is 4.50. The number of allylic oxidation sites excluding steroid dienone is 2. The molecule has 1 aromatic heterocycles. The van der Waals surface area contributed by atoms with Gasteiger partial charge >= 0.3 is 5.97 Å². The van der Waals surface area contributed by atoms with Crippen molar-refractivity contribution in [1.29, 1.82) is 0 Å². The van der Waals surface area contributed by atoms with E-state index in [4.69, 9.17) is 9.47 Å². The third-order valence-electron chi connectivity index (χ3n) is 10.00. The van der Waals surface area contributed by atoms with E-state index in [1.165, 1.54) is 4.90 Å². The highest BCUT2D eigenvalue weighted by Crippen LogP contribution is 2.57. The second-order valence-electron chi connectivity index (χ2n) is 13.6. The number of hydrogen-bond donors (Lipinski definition) is 1. The van der Waals surface area contributed by atoms with Crippen LogP contribution < -0.4 is 9.46 Å². The zero-order valence-corrected chi connectivity index (χ0v) is 28.1. The molecule has 1 saturated heterocycles. The molecule has 0 unspecified atom stereocenters. The fraction of sp³-hybridized carbons (Fsp3) is 0.528. The van der Waals surface area contributed by atoms with Gasteiger partial charge in [0.25, 0.3) is 0 Å². The Bertz CT molecular complexity index is 1750. The number of esters is 1. The molecule has 3 fully saturated rings. The Hall–Kier alpha value is -4.06. The first-order valence-electron chi connectivity index (χ1n) is 16.9. The molecule has 256 valence electrons. The first-order valence-corrected chi connectivity index (χ1v) is 18.5. The van der Waals surface area contributed by atoms with Crippen molar-refractivity contribution in [3.63, 3.8) is 0 Å². The van der Waals surface area contributed by atoms with E-state index in [1.54, 1.807) is 12.3 Å². The van der Waals surface area contributed by atoms with Crippen molar-refractivity contribution in [2.24, 2.45) is 17.3 Å². The van der Waals surface area contributed by atoms with Crippen LogP contribution in [0.25, 0.3) is 16.8 Å². The Morgan fingerprint density at radius 3 is 2.75 bits per heavy atom. The first-order chi connectivity index (χ1) is 23.0. The second kappa shape index (κ2) is 13.8. The molecule has 1 N–H and O–H groups in total. The Morgan fingerprint density at radius 1 is 1.21 bits per heavy atom. The van der Waals surface area contributed by atoms with Crippen molar-refractivity contribution < 1.29 is 37.1 Å². The molecule has 2 aliphatic heterocycles. The van der Waals surface area contributed by atoms with Gasteiger partial charge in [0.05, 0.1) is 36.3 Å². The van der Waals surface area contributed by atoms with Crippen molar-refractivity contribution >= 4 is 50.4 Å². The summed E-state index contributed by atoms with van der Waals surface area (Å²) in [4.78, 5) is 60.7. The van der Waals surface area contributed by atoms with Gasteiger partial charge in [-0.1, -0.05) is 43.7 Å². The van der Waals surface area contributed by atoms with E-state index in [0.29, 0.717) is 44.4 Å². The Morgan fingerprint density at radius 2 is 2.02 bits per heavy atom. The lowest BCUT2D eigenvalue weighted by Crippen LogP contribution is -2.46. The number of carbonyl (C=O) groups excluding carboxylic acids is 4. The number of cyclic esters (lactones) is 1. The molecule has 3 heterocycles. The van der Waals surface area contributed by atoms with Crippen LogP contribution in [0.15, 0.2) is 49.2 Å². The van der Waals surface area contributed by atoms with Gasteiger partial charge in [0.2, 0.25) is 27.7 Å². The van der Waals surface area contributed by atoms with Crippen molar-refractivity contribution in [2.45, 2.75) is 88.5 Å². The van der Waals surface area contributed by atoms with Gasteiger partial charge in [0.1, 0.15) is 6.10 Å². The molecule has 11 nitrogen and oxygen atoms in total. The van der Waals surface area contributed by atoms with Gasteiger partial charge in [-0.05, 0) is 67.5 Å². The number of hydrogen-bond acceptors (Lipinski definition) is 9. The molecule has 48 heavy (non-hydrogen) atoms. The summed E-state index contributed by atoms with van der Waals surface area (Å²) >= 11 is 0. The Labute approximate surface area is 281 Å². The Kier molecular flexibility index (Phi) is 9.74. The lowest BCUT2D eigenvalue weighted by Gasteiger charge is -2.28. The molecular formula is C36H43N3O8S. The number of fused-ring (bicyclic) bond motifs is 3. The van der Waals surface area contributed by atoms with Crippen molar-refractivity contribution in [2.75, 3.05) is 13.2 Å². The number of pyridine rings is 1. The standard InChI is InChI=1S/C36H43N3O8S/c1-3-8-25-18-32(41)46-16-7-5-6-9-23-10-11-24-14-15-37-33(29(24)17-23)47-27-19-30(39(22-27)34(25)42)31(40)21-36(20-26(36)4-2)35(43)38-48(44,45)28-12-13-28/h4,6,9-11,14-15,17,25-28,30H,2-3,5,7-8,12-13,16,18-22H2,1H3,(H,38,43)/b9-6+/t25-,26-,27-,30+,36-/m1/s1. The molecule has 0 radical (unpaired) electrons. The number of ketones is 1. The van der Waals surface area contributed by atoms with Crippen LogP contribution in [0.4, 0.5) is 0 Å². The van der Waals surface area contributed by atoms with Gasteiger partial charge < -0.3 is 14.4 Å². The number of nitrogens with zero attached hydrogens (tertiary/aromatic N) is 2. The van der Waals surface area contributed by atoms with Gasteiger partial charge in [-0.3, -0.25) is 23.9 Å². The number of sulfonamides is 1. The topological polar surface area (TPSA) is 149 Å². The van der Waals surface area contributed by atoms with Crippen LogP contribution in [0.5, 0.6) is 5.88 Å². The van der Waals surface area contributed by atoms with Crippen molar-refractivity contribution in [3.05, 3.63) is 54.8 Å². The maximum absolute atomic E-state index is 14.2. The molecule has 5 atom stereocenters. The minimum atomic E-state index is -3.82. The molecule has 2 aliphatic carbocycles. The van der Waals surface area contributed by atoms with E-state index in [1.807, 2.05) is 43.3 Å². The van der Waals surface area contributed by atoms with Gasteiger partial charge in [0, 0.05) is 30.3 Å². The van der Waals surface area contributed by atoms with E-state index in [2.05, 4.69) is 16.3 Å². The monoisotopic (exact) mass is 677 g/mol. The average Bonchev–Trinajstić information content (AvgIpc) is 3.99. The van der Waals surface area contributed by atoms with Crippen LogP contribution in [0, 0.1) is 17.3 Å². The lowest BCUT2D eigenvalue weighted by atomic mass is 9.91. The molecule has 2 amide bonds. The van der Waals surface area contributed by atoms with Crippen LogP contribution in [0.1, 0.15) is 76.7 Å². The van der Waals surface area contributed by atoms with Crippen LogP contribution in [0.3, 0.4) is 0 Å². The number of amides is 2. The zero-order chi connectivity index (χ0) is 34.1. The first kappa shape index (κ1) is 33.8. The Balaban J connectivity index is 1.31. The number of carbonyl (C=O) groups is 4. The molecule has 4 aliphatic rings. The van der Waals surface area contributed by atoms with Gasteiger partial charge in [-0.25, -0.2) is 13.4 Å². The average molecular weight is 678 g/mol. The maximum Gasteiger partial charge on any atom is 0.306 e. The largest absolute Gasteiger partial charge is 0.472 e. The quantitative estimate of drug-likeness (QED) is 0.299. The summed E-state index contributed by atoms with van der Waals surface area (Å²) < 4.78 is 39.4. The number of rotatable bonds is 9. The van der Waals surface area contributed by atoms with Gasteiger partial charge in [-0.15, -0.1) is 6.58 Å². The van der Waals surface area contributed by atoms with Gasteiger partial charge in [-0.2, -0.15) is 0 Å². The van der Waals surface area contributed by atoms with Crippen molar-refractivity contribution in [1.82, 2.24) is 14.6 Å². The SMILES string of the molecule is C=C[C@@H]1C[C@]1(CC(=O)[C@@H]1C[C@@H]2CN1C(=O)[C@H](CCC)CC(=O)OCCC/C=C/c1ccc3ccnc(c3c1)O2)C(=O)NS(=O)(=O)C1CC1. The lowest BCUT2D eigenvalue weighted by molar-refractivity contribution is -0.150. The van der Waals surface area contributed by atoms with E-state index >= 15 is 0 Å². The zero-order valence-electron chi connectivity index (χ0n) is 27.3. The highest BCUT2D eigenvalue weighted by atomic mass is 32.2. The molecule has 2 saturated carbocycles. The number of ether oxygens (including phenoxy) is 2. The van der Waals surface area contributed by atoms with E-state index in [-0.39, 0.29) is 56.4 Å². The fourth-order valence-corrected chi connectivity index (χ4v) is 8.40. The minimum Gasteiger partial charge on any atom is -0.472 e. The highest BCUT2D eigenvalue weighted by molar-refractivity contribution is 7.90. The number of benzene rings is 1. The fourth-order valence-electron chi connectivity index (χ4n) is 7.02. The molecule has 4 bridgehead atoms. The second-order valence-corrected chi connectivity index (χ2v) is 15.5. The molecule has 6 rings (SSSR count). The summed E-state index contributed by atoms with van der Waals surface area (Å²) in [6, 6.07) is 6.91. The normalized spacial score (nSPS) is 28.6. The smallest absolute Gasteiger partial charge is 0.306 e. The van der Waals surface area contributed by atoms with E-state index < -0.39 is 50.6 Å².